The molecular weight excluding hydrogens is 274 g/mol. The second kappa shape index (κ2) is 3.93. The van der Waals surface area contributed by atoms with Gasteiger partial charge in [-0.15, -0.1) is 10.2 Å². The Morgan fingerprint density at radius 1 is 1.28 bits per heavy atom. The monoisotopic (exact) mass is 289 g/mol. The van der Waals surface area contributed by atoms with Crippen molar-refractivity contribution in [1.29, 1.82) is 0 Å². The van der Waals surface area contributed by atoms with Gasteiger partial charge < -0.3 is 0 Å². The van der Waals surface area contributed by atoms with Crippen molar-refractivity contribution in [1.82, 2.24) is 14.8 Å². The van der Waals surface area contributed by atoms with Crippen molar-refractivity contribution in [3.05, 3.63) is 5.82 Å². The number of hydrogen-bond acceptors (Lipinski definition) is 4. The molecule has 0 saturated heterocycles. The van der Waals surface area contributed by atoms with E-state index in [1.54, 1.807) is 4.57 Å². The standard InChI is InChI=1S/C11H16ClN3O2S/c1-11(6-2-3-7-11)9-13-14-10(18(12,16)17)15(9)8-4-5-8/h8H,2-7H2,1H3. The molecule has 2 aliphatic rings. The van der Waals surface area contributed by atoms with E-state index >= 15 is 0 Å². The average molecular weight is 290 g/mol. The molecule has 0 unspecified atom stereocenters. The maximum atomic E-state index is 11.6. The lowest BCUT2D eigenvalue weighted by atomic mass is 9.88. The average Bonchev–Trinajstić information content (AvgIpc) is 2.85. The zero-order chi connectivity index (χ0) is 13.0. The molecule has 7 heteroatoms. The fourth-order valence-electron chi connectivity index (χ4n) is 2.90. The molecule has 0 radical (unpaired) electrons. The van der Waals surface area contributed by atoms with Gasteiger partial charge in [0.2, 0.25) is 0 Å². The summed E-state index contributed by atoms with van der Waals surface area (Å²) in [5.74, 6) is 0.807. The number of aromatic nitrogens is 3. The van der Waals surface area contributed by atoms with Gasteiger partial charge in [-0.2, -0.15) is 0 Å². The van der Waals surface area contributed by atoms with Crippen LogP contribution in [0.25, 0.3) is 0 Å². The van der Waals surface area contributed by atoms with Gasteiger partial charge in [0.05, 0.1) is 0 Å². The molecule has 1 aromatic rings. The Hall–Kier alpha value is -0.620. The highest BCUT2D eigenvalue weighted by Crippen LogP contribution is 2.45. The molecule has 18 heavy (non-hydrogen) atoms. The zero-order valence-corrected chi connectivity index (χ0v) is 11.8. The molecule has 0 aliphatic heterocycles. The third kappa shape index (κ3) is 1.95. The van der Waals surface area contributed by atoms with Crippen LogP contribution in [0.2, 0.25) is 0 Å². The fourth-order valence-corrected chi connectivity index (χ4v) is 3.82. The Morgan fingerprint density at radius 3 is 2.39 bits per heavy atom. The lowest BCUT2D eigenvalue weighted by Crippen LogP contribution is -2.23. The minimum atomic E-state index is -3.81. The first-order valence-electron chi connectivity index (χ1n) is 6.32. The predicted molar refractivity (Wildman–Crippen MR) is 67.2 cm³/mol. The van der Waals surface area contributed by atoms with Crippen molar-refractivity contribution in [2.75, 3.05) is 0 Å². The quantitative estimate of drug-likeness (QED) is 0.801. The van der Waals surface area contributed by atoms with Crippen LogP contribution in [-0.4, -0.2) is 23.2 Å². The summed E-state index contributed by atoms with van der Waals surface area (Å²) in [5.41, 5.74) is -0.0462. The van der Waals surface area contributed by atoms with Crippen LogP contribution in [0, 0.1) is 0 Å². The fraction of sp³-hybridized carbons (Fsp3) is 0.818. The molecule has 2 aliphatic carbocycles. The van der Waals surface area contributed by atoms with E-state index in [2.05, 4.69) is 17.1 Å². The topological polar surface area (TPSA) is 64.8 Å². The first kappa shape index (κ1) is 12.4. The Morgan fingerprint density at radius 2 is 1.89 bits per heavy atom. The van der Waals surface area contributed by atoms with E-state index < -0.39 is 9.05 Å². The van der Waals surface area contributed by atoms with Crippen LogP contribution < -0.4 is 0 Å². The summed E-state index contributed by atoms with van der Waals surface area (Å²) in [7, 11) is 1.64. The first-order chi connectivity index (χ1) is 8.42. The van der Waals surface area contributed by atoms with E-state index in [0.717, 1.165) is 44.3 Å². The summed E-state index contributed by atoms with van der Waals surface area (Å²) in [4.78, 5) is 0. The van der Waals surface area contributed by atoms with Gasteiger partial charge in [-0.3, -0.25) is 4.57 Å². The van der Waals surface area contributed by atoms with Gasteiger partial charge in [-0.1, -0.05) is 19.8 Å². The van der Waals surface area contributed by atoms with Crippen molar-refractivity contribution in [2.45, 2.75) is 62.1 Å². The summed E-state index contributed by atoms with van der Waals surface area (Å²) in [6, 6.07) is 0.218. The molecule has 0 N–H and O–H groups in total. The van der Waals surface area contributed by atoms with Crippen LogP contribution in [0.3, 0.4) is 0 Å². The van der Waals surface area contributed by atoms with E-state index in [1.807, 2.05) is 0 Å². The van der Waals surface area contributed by atoms with Crippen molar-refractivity contribution >= 4 is 19.7 Å². The third-order valence-corrected chi connectivity index (χ3v) is 5.17. The number of halogens is 1. The predicted octanol–water partition coefficient (Wildman–Crippen LogP) is 2.37. The van der Waals surface area contributed by atoms with Crippen LogP contribution in [0.15, 0.2) is 5.16 Å². The maximum absolute atomic E-state index is 11.6. The van der Waals surface area contributed by atoms with Gasteiger partial charge in [0.15, 0.2) is 0 Å². The van der Waals surface area contributed by atoms with E-state index in [0.29, 0.717) is 0 Å². The highest BCUT2D eigenvalue weighted by Gasteiger charge is 2.41. The molecule has 1 heterocycles. The normalized spacial score (nSPS) is 23.4. The van der Waals surface area contributed by atoms with Crippen molar-refractivity contribution in [3.63, 3.8) is 0 Å². The molecular formula is C11H16ClN3O2S. The van der Waals surface area contributed by atoms with Crippen LogP contribution in [0.5, 0.6) is 0 Å². The molecule has 0 aromatic carbocycles. The molecule has 0 bridgehead atoms. The molecule has 100 valence electrons. The van der Waals surface area contributed by atoms with E-state index in [-0.39, 0.29) is 16.6 Å². The van der Waals surface area contributed by atoms with Crippen molar-refractivity contribution in [2.24, 2.45) is 0 Å². The van der Waals surface area contributed by atoms with Gasteiger partial charge in [0.1, 0.15) is 5.82 Å². The van der Waals surface area contributed by atoms with Gasteiger partial charge in [0.25, 0.3) is 14.2 Å². The Bertz CT molecular complexity index is 571. The van der Waals surface area contributed by atoms with E-state index in [1.165, 1.54) is 0 Å². The van der Waals surface area contributed by atoms with Crippen molar-refractivity contribution < 1.29 is 8.42 Å². The highest BCUT2D eigenvalue weighted by molar-refractivity contribution is 8.13. The molecule has 2 fully saturated rings. The lowest BCUT2D eigenvalue weighted by Gasteiger charge is -2.23. The molecule has 0 amide bonds. The second-order valence-electron chi connectivity index (χ2n) is 5.61. The minimum absolute atomic E-state index is 0.0462. The van der Waals surface area contributed by atoms with Crippen LogP contribution in [-0.2, 0) is 14.5 Å². The zero-order valence-electron chi connectivity index (χ0n) is 10.3. The number of hydrogen-bond donors (Lipinski definition) is 0. The third-order valence-electron chi connectivity index (χ3n) is 4.04. The second-order valence-corrected chi connectivity index (χ2v) is 8.07. The molecule has 5 nitrogen and oxygen atoms in total. The molecule has 2 saturated carbocycles. The summed E-state index contributed by atoms with van der Waals surface area (Å²) in [5, 5.41) is 7.90. The maximum Gasteiger partial charge on any atom is 0.296 e. The highest BCUT2D eigenvalue weighted by atomic mass is 35.7. The number of nitrogens with zero attached hydrogens (tertiary/aromatic N) is 3. The summed E-state index contributed by atoms with van der Waals surface area (Å²) >= 11 is 0. The van der Waals surface area contributed by atoms with Crippen LogP contribution >= 0.6 is 10.7 Å². The smallest absolute Gasteiger partial charge is 0.296 e. The van der Waals surface area contributed by atoms with Crippen LogP contribution in [0.4, 0.5) is 0 Å². The van der Waals surface area contributed by atoms with Gasteiger partial charge in [0, 0.05) is 22.1 Å². The van der Waals surface area contributed by atoms with Crippen molar-refractivity contribution in [3.8, 4) is 0 Å². The largest absolute Gasteiger partial charge is 0.297 e. The molecule has 0 atom stereocenters. The Labute approximate surface area is 111 Å². The van der Waals surface area contributed by atoms with Gasteiger partial charge in [-0.05, 0) is 25.7 Å². The minimum Gasteiger partial charge on any atom is -0.297 e. The van der Waals surface area contributed by atoms with E-state index in [4.69, 9.17) is 10.7 Å². The molecule has 0 spiro atoms. The lowest BCUT2D eigenvalue weighted by molar-refractivity contribution is 0.423. The molecule has 3 rings (SSSR count). The Kier molecular flexibility index (Phi) is 2.71. The summed E-state index contributed by atoms with van der Waals surface area (Å²) < 4.78 is 24.9. The van der Waals surface area contributed by atoms with Crippen LogP contribution in [0.1, 0.15) is 57.3 Å². The SMILES string of the molecule is CC1(c2nnc(S(=O)(=O)Cl)n2C2CC2)CCCC1. The molecule has 1 aromatic heterocycles. The number of rotatable bonds is 3. The first-order valence-corrected chi connectivity index (χ1v) is 8.63. The summed E-state index contributed by atoms with van der Waals surface area (Å²) in [6.45, 7) is 2.15. The Balaban J connectivity index is 2.13. The van der Waals surface area contributed by atoms with E-state index in [9.17, 15) is 8.42 Å². The van der Waals surface area contributed by atoms with Gasteiger partial charge >= 0.3 is 0 Å². The summed E-state index contributed by atoms with van der Waals surface area (Å²) in [6.07, 6.45) is 6.38. The van der Waals surface area contributed by atoms with Gasteiger partial charge in [-0.25, -0.2) is 8.42 Å².